The van der Waals surface area contributed by atoms with E-state index in [9.17, 15) is 98.6 Å². The van der Waals surface area contributed by atoms with Crippen molar-refractivity contribution in [2.24, 2.45) is 0 Å². The van der Waals surface area contributed by atoms with Crippen LogP contribution in [0.25, 0.3) is 0 Å². The molecule has 3 aliphatic rings. The molecule has 3 aliphatic heterocycles. The fourth-order valence-electron chi connectivity index (χ4n) is 12.3. The Kier molecular flexibility index (Phi) is 62.1. The smallest absolute Gasteiger partial charge is 0.394 e. The van der Waals surface area contributed by atoms with Gasteiger partial charge in [-0.25, -0.2) is 4.57 Å². The molecule has 46 nitrogen and oxygen atoms in total. The van der Waals surface area contributed by atoms with E-state index in [1.54, 1.807) is 0 Å². The molecule has 3 fully saturated rings. The quantitative estimate of drug-likeness (QED) is 0.0199. The molecule has 123 heavy (non-hydrogen) atoms. The largest absolute Gasteiger partial charge is 0.471 e. The first-order valence-electron chi connectivity index (χ1n) is 42.1. The number of rotatable bonds is 74. The Hall–Kier alpha value is -5.62. The van der Waals surface area contributed by atoms with Crippen LogP contribution in [0.15, 0.2) is 0 Å². The first-order chi connectivity index (χ1) is 59.2. The molecule has 9 amide bonds. The Morgan fingerprint density at radius 2 is 0.626 bits per heavy atom. The maximum absolute atomic E-state index is 14.4. The zero-order valence-corrected chi connectivity index (χ0v) is 72.2. The number of aliphatic hydroxyl groups is 9. The lowest BCUT2D eigenvalue weighted by Crippen LogP contribution is -2.64. The molecule has 0 aromatic heterocycles. The summed E-state index contributed by atoms with van der Waals surface area (Å²) in [6.45, 7) is 5.37. The molecule has 0 saturated carbocycles. The van der Waals surface area contributed by atoms with Gasteiger partial charge in [0.25, 0.3) is 0 Å². The molecule has 3 saturated heterocycles. The highest BCUT2D eigenvalue weighted by Gasteiger charge is 2.48. The molecule has 0 aromatic rings. The van der Waals surface area contributed by atoms with Crippen molar-refractivity contribution in [1.29, 1.82) is 0 Å². The first-order valence-corrected chi connectivity index (χ1v) is 43.6. The summed E-state index contributed by atoms with van der Waals surface area (Å²) >= 11 is 0. The SMILES string of the molecule is COP(=O)(O)OCCCCCCNC(=O)CCCCCNC(=O)[C@H](CCCCNC(=O)CCOCCOCCOCCOC1OC(CO)C(O)C(O)C1NC(C)=O)NC(=O)[C@H](CCCCNC(=O)CCOCCOCCOCCOC1OC(CO)C(O)C(O)C1NC(C)=O)NC(=O)CCOCCOCCOCCOC1OC(CO)C(O)C(O)C1NC(C)=O. The number of amides is 9. The third-order valence-electron chi connectivity index (χ3n) is 19.0. The molecule has 0 aliphatic carbocycles. The summed E-state index contributed by atoms with van der Waals surface area (Å²) in [6.07, 6.45) is -9.43. The summed E-state index contributed by atoms with van der Waals surface area (Å²) in [5.41, 5.74) is 0. The van der Waals surface area contributed by atoms with Crippen LogP contribution >= 0.6 is 7.82 Å². The van der Waals surface area contributed by atoms with Crippen molar-refractivity contribution in [1.82, 2.24) is 47.9 Å². The fourth-order valence-corrected chi connectivity index (χ4v) is 12.8. The van der Waals surface area contributed by atoms with Crippen molar-refractivity contribution >= 4 is 61.0 Å². The summed E-state index contributed by atoms with van der Waals surface area (Å²) in [7, 11) is -2.95. The molecule has 16 unspecified atom stereocenters. The van der Waals surface area contributed by atoms with Gasteiger partial charge < -0.3 is 170 Å². The first kappa shape index (κ1) is 112. The molecule has 716 valence electrons. The third kappa shape index (κ3) is 50.7. The zero-order valence-electron chi connectivity index (χ0n) is 71.3. The average molecular weight is 1800 g/mol. The van der Waals surface area contributed by atoms with E-state index in [1.165, 1.54) is 20.8 Å². The maximum Gasteiger partial charge on any atom is 0.471 e. The van der Waals surface area contributed by atoms with Crippen LogP contribution in [0.2, 0.25) is 0 Å². The normalized spacial score (nSPS) is 23.7. The number of hydrogen-bond acceptors (Lipinski definition) is 36. The lowest BCUT2D eigenvalue weighted by molar-refractivity contribution is -0.272. The monoisotopic (exact) mass is 1800 g/mol. The van der Waals surface area contributed by atoms with Gasteiger partial charge in [0.1, 0.15) is 85.1 Å². The molecular formula is C76H140N9O37P. The van der Waals surface area contributed by atoms with E-state index < -0.39 is 167 Å². The van der Waals surface area contributed by atoms with Gasteiger partial charge in [0, 0.05) is 79.7 Å². The molecule has 0 radical (unpaired) electrons. The van der Waals surface area contributed by atoms with E-state index in [4.69, 9.17) is 75.6 Å². The Morgan fingerprint density at radius 3 is 0.967 bits per heavy atom. The zero-order chi connectivity index (χ0) is 90.4. The summed E-state index contributed by atoms with van der Waals surface area (Å²) in [4.78, 5) is 125. The van der Waals surface area contributed by atoms with Crippen molar-refractivity contribution in [3.8, 4) is 0 Å². The van der Waals surface area contributed by atoms with Gasteiger partial charge in [0.15, 0.2) is 18.9 Å². The number of aliphatic hydroxyl groups excluding tert-OH is 9. The van der Waals surface area contributed by atoms with Crippen molar-refractivity contribution in [3.05, 3.63) is 0 Å². The number of carbonyl (C=O) groups is 9. The van der Waals surface area contributed by atoms with Crippen molar-refractivity contribution < 1.29 is 179 Å². The molecule has 19 N–H and O–H groups in total. The highest BCUT2D eigenvalue weighted by molar-refractivity contribution is 7.47. The van der Waals surface area contributed by atoms with Gasteiger partial charge in [0.05, 0.1) is 165 Å². The van der Waals surface area contributed by atoms with E-state index in [0.29, 0.717) is 64.3 Å². The Labute approximate surface area is 717 Å². The van der Waals surface area contributed by atoms with Gasteiger partial charge in [-0.2, -0.15) is 0 Å². The van der Waals surface area contributed by atoms with Gasteiger partial charge in [-0.15, -0.1) is 0 Å². The second kappa shape index (κ2) is 68.5. The van der Waals surface area contributed by atoms with Crippen LogP contribution in [0.4, 0.5) is 0 Å². The van der Waals surface area contributed by atoms with Crippen LogP contribution in [-0.4, -0.2) is 406 Å². The number of phosphoric ester groups is 1. The lowest BCUT2D eigenvalue weighted by Gasteiger charge is -2.42. The Morgan fingerprint density at radius 1 is 0.333 bits per heavy atom. The number of hydrogen-bond donors (Lipinski definition) is 19. The summed E-state index contributed by atoms with van der Waals surface area (Å²) < 4.78 is 104. The number of nitrogens with one attached hydrogen (secondary N) is 9. The van der Waals surface area contributed by atoms with Crippen LogP contribution in [0.5, 0.6) is 0 Å². The number of carbonyl (C=O) groups excluding carboxylic acids is 9. The number of phosphoric acid groups is 1. The predicted molar refractivity (Wildman–Crippen MR) is 428 cm³/mol. The molecule has 0 spiro atoms. The minimum atomic E-state index is -4.03. The van der Waals surface area contributed by atoms with E-state index in [-0.39, 0.29) is 221 Å². The van der Waals surface area contributed by atoms with Crippen LogP contribution in [0.1, 0.15) is 130 Å². The van der Waals surface area contributed by atoms with Gasteiger partial charge >= 0.3 is 7.82 Å². The van der Waals surface area contributed by atoms with E-state index >= 15 is 0 Å². The standard InChI is InChI=1S/C76H140N9O37P/c1-51(89)81-63-69(99)66(96)56(48-86)120-74(63)116-45-42-113-39-36-110-33-30-107-27-19-60(93)78-23-13-9-16-54(72(102)80-25-12-7-8-18-59(92)77-22-11-5-6-15-26-119-123(104,105)106-4)85-73(103)55(84-62(95)21-29-109-32-35-112-38-41-115-44-47-118-76-65(83-53(3)91)71(101)68(98)58(50-88)122-76)17-10-14-24-79-61(94)20-28-108-31-34-111-37-40-114-43-46-117-75-64(82-52(2)90)70(100)67(97)57(49-87)121-75/h54-58,63-71,74-76,86-88,96-101H,5-50H2,1-4H3,(H,77,92)(H,78,93)(H,79,94)(H,80,102)(H,81,89)(H,82,90)(H,83,91)(H,84,95)(H,85,103)(H,104,105)/t54-,55-,56?,57?,58?,63?,64?,65?,66?,67?,68?,69?,70?,71?,74?,75?,76?/m0/s1. The summed E-state index contributed by atoms with van der Waals surface area (Å²) in [5.74, 6) is -3.91. The second-order valence-corrected chi connectivity index (χ2v) is 30.5. The van der Waals surface area contributed by atoms with E-state index in [0.717, 1.165) is 20.0 Å². The van der Waals surface area contributed by atoms with Crippen molar-refractivity contribution in [2.45, 2.75) is 234 Å². The number of unbranched alkanes of at least 4 members (excludes halogenated alkanes) is 7. The highest BCUT2D eigenvalue weighted by atomic mass is 31.2. The second-order valence-electron chi connectivity index (χ2n) is 28.9. The summed E-state index contributed by atoms with van der Waals surface area (Å²) in [6, 6.07) is -5.53. The van der Waals surface area contributed by atoms with Gasteiger partial charge in [0.2, 0.25) is 53.2 Å². The van der Waals surface area contributed by atoms with Crippen LogP contribution < -0.4 is 47.9 Å². The average Bonchev–Trinajstić information content (AvgIpc) is 0.818. The third-order valence-corrected chi connectivity index (χ3v) is 19.9. The topological polar surface area (TPSA) is 638 Å². The minimum absolute atomic E-state index is 0.00941. The Bertz CT molecular complexity index is 2940. The predicted octanol–water partition coefficient (Wildman–Crippen LogP) is -6.15. The van der Waals surface area contributed by atoms with Crippen LogP contribution in [-0.2, 0) is 128 Å². The molecule has 18 atom stereocenters. The fraction of sp³-hybridized carbons (Fsp3) is 0.882. The van der Waals surface area contributed by atoms with E-state index in [1.807, 2.05) is 0 Å². The molecule has 3 heterocycles. The minimum Gasteiger partial charge on any atom is -0.394 e. The van der Waals surface area contributed by atoms with Crippen LogP contribution in [0, 0.1) is 0 Å². The molecule has 0 aromatic carbocycles. The molecule has 3 rings (SSSR count). The highest BCUT2D eigenvalue weighted by Crippen LogP contribution is 2.42. The van der Waals surface area contributed by atoms with Crippen molar-refractivity contribution in [3.63, 3.8) is 0 Å². The van der Waals surface area contributed by atoms with Crippen LogP contribution in [0.3, 0.4) is 0 Å². The number of ether oxygens (including phenoxy) is 15. The molecule has 0 bridgehead atoms. The summed E-state index contributed by atoms with van der Waals surface area (Å²) in [5, 5.41) is 115. The maximum atomic E-state index is 14.4. The van der Waals surface area contributed by atoms with Gasteiger partial charge in [-0.3, -0.25) is 52.2 Å². The van der Waals surface area contributed by atoms with Gasteiger partial charge in [-0.1, -0.05) is 19.3 Å². The van der Waals surface area contributed by atoms with Crippen molar-refractivity contribution in [2.75, 3.05) is 198 Å². The molecule has 47 heteroatoms. The lowest BCUT2D eigenvalue weighted by atomic mass is 9.97. The van der Waals surface area contributed by atoms with Gasteiger partial charge in [-0.05, 0) is 64.2 Å². The Balaban J connectivity index is 1.52. The molecular weight excluding hydrogens is 1660 g/mol. The van der Waals surface area contributed by atoms with E-state index in [2.05, 4.69) is 52.4 Å².